The molecule has 1 rings (SSSR count). The fourth-order valence-electron chi connectivity index (χ4n) is 1.20. The van der Waals surface area contributed by atoms with Gasteiger partial charge in [0.1, 0.15) is 0 Å². The van der Waals surface area contributed by atoms with Crippen molar-refractivity contribution in [3.8, 4) is 0 Å². The van der Waals surface area contributed by atoms with Crippen LogP contribution >= 0.6 is 0 Å². The summed E-state index contributed by atoms with van der Waals surface area (Å²) in [6, 6.07) is 1.75. The predicted molar refractivity (Wildman–Crippen MR) is 59.4 cm³/mol. The van der Waals surface area contributed by atoms with Crippen LogP contribution in [0.25, 0.3) is 0 Å². The van der Waals surface area contributed by atoms with Crippen LogP contribution in [0.3, 0.4) is 0 Å². The van der Waals surface area contributed by atoms with Crippen LogP contribution in [-0.4, -0.2) is 29.4 Å². The maximum Gasteiger partial charge on any atom is 0.257 e. The van der Waals surface area contributed by atoms with Gasteiger partial charge in [0, 0.05) is 25.5 Å². The number of pyridine rings is 1. The molecule has 5 nitrogen and oxygen atoms in total. The van der Waals surface area contributed by atoms with Crippen LogP contribution in [0.2, 0.25) is 0 Å². The van der Waals surface area contributed by atoms with E-state index >= 15 is 0 Å². The normalized spacial score (nSPS) is 9.87. The Labute approximate surface area is 89.3 Å². The Hall–Kier alpha value is -1.62. The first-order chi connectivity index (χ1) is 7.10. The highest BCUT2D eigenvalue weighted by molar-refractivity contribution is 5.99. The van der Waals surface area contributed by atoms with E-state index in [2.05, 4.69) is 10.4 Å². The topological polar surface area (TPSA) is 71.2 Å². The van der Waals surface area contributed by atoms with Gasteiger partial charge in [-0.15, -0.1) is 0 Å². The third-order valence-electron chi connectivity index (χ3n) is 2.25. The highest BCUT2D eigenvalue weighted by atomic mass is 16.2. The second-order valence-corrected chi connectivity index (χ2v) is 3.33. The van der Waals surface area contributed by atoms with Gasteiger partial charge >= 0.3 is 0 Å². The molecule has 0 saturated heterocycles. The summed E-state index contributed by atoms with van der Waals surface area (Å²) >= 11 is 0. The van der Waals surface area contributed by atoms with Crippen LogP contribution < -0.4 is 11.3 Å². The van der Waals surface area contributed by atoms with E-state index < -0.39 is 0 Å². The van der Waals surface area contributed by atoms with Gasteiger partial charge in [-0.2, -0.15) is 0 Å². The lowest BCUT2D eigenvalue weighted by atomic mass is 10.2. The van der Waals surface area contributed by atoms with Crippen LogP contribution in [0, 0.1) is 6.92 Å². The molecular weight excluding hydrogens is 192 g/mol. The minimum absolute atomic E-state index is 0.0852. The van der Waals surface area contributed by atoms with Crippen LogP contribution in [0.1, 0.15) is 23.0 Å². The second kappa shape index (κ2) is 4.75. The van der Waals surface area contributed by atoms with E-state index in [1.54, 1.807) is 24.2 Å². The molecule has 0 aliphatic heterocycles. The fraction of sp³-hybridized carbons (Fsp3) is 0.400. The summed E-state index contributed by atoms with van der Waals surface area (Å²) in [4.78, 5) is 17.5. The first-order valence-electron chi connectivity index (χ1n) is 4.78. The van der Waals surface area contributed by atoms with Crippen molar-refractivity contribution in [2.45, 2.75) is 13.8 Å². The summed E-state index contributed by atoms with van der Waals surface area (Å²) in [6.45, 7) is 4.41. The highest BCUT2D eigenvalue weighted by Crippen LogP contribution is 2.15. The van der Waals surface area contributed by atoms with E-state index in [9.17, 15) is 4.79 Å². The number of nitrogens with zero attached hydrogens (tertiary/aromatic N) is 2. The Kier molecular flexibility index (Phi) is 3.62. The lowest BCUT2D eigenvalue weighted by Gasteiger charge is -2.16. The lowest BCUT2D eigenvalue weighted by molar-refractivity contribution is 0.0803. The minimum Gasteiger partial charge on any atom is -0.342 e. The number of nitrogens with one attached hydrogen (secondary N) is 1. The molecule has 0 atom stereocenters. The molecule has 1 aromatic heterocycles. The van der Waals surface area contributed by atoms with Crippen molar-refractivity contribution in [3.05, 3.63) is 23.5 Å². The first-order valence-corrected chi connectivity index (χ1v) is 4.78. The SMILES string of the molecule is CCN(C)C(=O)c1cnc(C)cc1NN. The third-order valence-corrected chi connectivity index (χ3v) is 2.25. The molecule has 0 unspecified atom stereocenters. The van der Waals surface area contributed by atoms with Gasteiger partial charge in [0.2, 0.25) is 0 Å². The smallest absolute Gasteiger partial charge is 0.257 e. The Morgan fingerprint density at radius 2 is 2.33 bits per heavy atom. The minimum atomic E-state index is -0.0852. The Balaban J connectivity index is 3.08. The Morgan fingerprint density at radius 1 is 1.67 bits per heavy atom. The Bertz CT molecular complexity index is 364. The quantitative estimate of drug-likeness (QED) is 0.568. The van der Waals surface area contributed by atoms with E-state index in [-0.39, 0.29) is 5.91 Å². The molecule has 0 fully saturated rings. The maximum atomic E-state index is 11.9. The van der Waals surface area contributed by atoms with E-state index in [1.165, 1.54) is 0 Å². The van der Waals surface area contributed by atoms with E-state index in [1.807, 2.05) is 13.8 Å². The number of nitrogen functional groups attached to an aromatic ring is 1. The largest absolute Gasteiger partial charge is 0.342 e. The molecule has 3 N–H and O–H groups in total. The molecule has 1 amide bonds. The number of nitrogens with two attached hydrogens (primary N) is 1. The molecule has 0 bridgehead atoms. The summed E-state index contributed by atoms with van der Waals surface area (Å²) < 4.78 is 0. The highest BCUT2D eigenvalue weighted by Gasteiger charge is 2.14. The van der Waals surface area contributed by atoms with Crippen molar-refractivity contribution in [3.63, 3.8) is 0 Å². The number of carbonyl (C=O) groups is 1. The van der Waals surface area contributed by atoms with Crippen molar-refractivity contribution in [2.24, 2.45) is 5.84 Å². The van der Waals surface area contributed by atoms with Gasteiger partial charge in [0.05, 0.1) is 11.3 Å². The van der Waals surface area contributed by atoms with Gasteiger partial charge in [-0.3, -0.25) is 15.6 Å². The van der Waals surface area contributed by atoms with Crippen LogP contribution in [0.5, 0.6) is 0 Å². The van der Waals surface area contributed by atoms with Crippen molar-refractivity contribution in [2.75, 3.05) is 19.0 Å². The zero-order valence-electron chi connectivity index (χ0n) is 9.24. The average molecular weight is 208 g/mol. The van der Waals surface area contributed by atoms with Gasteiger partial charge in [0.15, 0.2) is 0 Å². The second-order valence-electron chi connectivity index (χ2n) is 3.33. The first kappa shape index (κ1) is 11.5. The number of carbonyl (C=O) groups excluding carboxylic acids is 1. The molecule has 0 aromatic carbocycles. The standard InChI is InChI=1S/C10H16N4O/c1-4-14(3)10(15)8-6-12-7(2)5-9(8)13-11/h5-6H,4,11H2,1-3H3,(H,12,13). The summed E-state index contributed by atoms with van der Waals surface area (Å²) in [7, 11) is 1.74. The zero-order chi connectivity index (χ0) is 11.4. The number of hydrazine groups is 1. The number of hydrogen-bond acceptors (Lipinski definition) is 4. The van der Waals surface area contributed by atoms with Crippen LogP contribution in [0.4, 0.5) is 5.69 Å². The summed E-state index contributed by atoms with van der Waals surface area (Å²) in [5.41, 5.74) is 4.42. The molecule has 1 heterocycles. The van der Waals surface area contributed by atoms with Gasteiger partial charge in [-0.1, -0.05) is 0 Å². The molecule has 0 saturated carbocycles. The lowest BCUT2D eigenvalue weighted by Crippen LogP contribution is -2.27. The molecule has 82 valence electrons. The number of amides is 1. The predicted octanol–water partition coefficient (Wildman–Crippen LogP) is 0.768. The molecular formula is C10H16N4O. The molecule has 15 heavy (non-hydrogen) atoms. The van der Waals surface area contributed by atoms with Gasteiger partial charge in [-0.25, -0.2) is 0 Å². The number of anilines is 1. The average Bonchev–Trinajstić information content (AvgIpc) is 2.26. The molecule has 5 heteroatoms. The molecule has 0 aliphatic rings. The zero-order valence-corrected chi connectivity index (χ0v) is 9.24. The molecule has 1 aromatic rings. The van der Waals surface area contributed by atoms with Gasteiger partial charge in [0.25, 0.3) is 5.91 Å². The van der Waals surface area contributed by atoms with Crippen molar-refractivity contribution < 1.29 is 4.79 Å². The third kappa shape index (κ3) is 2.44. The monoisotopic (exact) mass is 208 g/mol. The number of aromatic nitrogens is 1. The maximum absolute atomic E-state index is 11.9. The van der Waals surface area contributed by atoms with Crippen molar-refractivity contribution in [1.29, 1.82) is 0 Å². The van der Waals surface area contributed by atoms with Crippen molar-refractivity contribution >= 4 is 11.6 Å². The van der Waals surface area contributed by atoms with Crippen LogP contribution in [0.15, 0.2) is 12.3 Å². The summed E-state index contributed by atoms with van der Waals surface area (Å²) in [5.74, 6) is 5.27. The van der Waals surface area contributed by atoms with Gasteiger partial charge < -0.3 is 10.3 Å². The molecule has 0 aliphatic carbocycles. The summed E-state index contributed by atoms with van der Waals surface area (Å²) in [5, 5.41) is 0. The van der Waals surface area contributed by atoms with E-state index in [0.717, 1.165) is 5.69 Å². The fourth-order valence-corrected chi connectivity index (χ4v) is 1.20. The van der Waals surface area contributed by atoms with Crippen LogP contribution in [-0.2, 0) is 0 Å². The number of aryl methyl sites for hydroxylation is 1. The van der Waals surface area contributed by atoms with Gasteiger partial charge in [-0.05, 0) is 19.9 Å². The number of hydrogen-bond donors (Lipinski definition) is 2. The Morgan fingerprint density at radius 3 is 2.87 bits per heavy atom. The van der Waals surface area contributed by atoms with E-state index in [4.69, 9.17) is 5.84 Å². The summed E-state index contributed by atoms with van der Waals surface area (Å²) in [6.07, 6.45) is 1.54. The molecule has 0 spiro atoms. The number of rotatable bonds is 3. The molecule has 0 radical (unpaired) electrons. The van der Waals surface area contributed by atoms with Crippen molar-refractivity contribution in [1.82, 2.24) is 9.88 Å². The van der Waals surface area contributed by atoms with E-state index in [0.29, 0.717) is 17.8 Å².